The summed E-state index contributed by atoms with van der Waals surface area (Å²) in [5.41, 5.74) is 6.81. The van der Waals surface area contributed by atoms with E-state index in [4.69, 9.17) is 5.73 Å². The van der Waals surface area contributed by atoms with Crippen molar-refractivity contribution in [3.05, 3.63) is 0 Å². The van der Waals surface area contributed by atoms with E-state index in [1.165, 1.54) is 44.9 Å². The Morgan fingerprint density at radius 2 is 1.69 bits per heavy atom. The summed E-state index contributed by atoms with van der Waals surface area (Å²) in [5, 5.41) is 0. The van der Waals surface area contributed by atoms with Crippen molar-refractivity contribution in [2.24, 2.45) is 11.1 Å². The molecule has 16 heavy (non-hydrogen) atoms. The lowest BCUT2D eigenvalue weighted by Crippen LogP contribution is -2.57. The van der Waals surface area contributed by atoms with Crippen molar-refractivity contribution < 1.29 is 0 Å². The standard InChI is InChI=1S/C14H28N2/c1-14(2)10-6-9-12(13(14)15)16(3)11-7-4-5-8-11/h11-13H,4-10,15H2,1-3H3. The summed E-state index contributed by atoms with van der Waals surface area (Å²) in [5.74, 6) is 0. The normalized spacial score (nSPS) is 35.8. The maximum Gasteiger partial charge on any atom is 0.0252 e. The van der Waals surface area contributed by atoms with Crippen LogP contribution in [0.2, 0.25) is 0 Å². The fourth-order valence-electron chi connectivity index (χ4n) is 3.67. The molecule has 2 rings (SSSR count). The molecule has 0 heterocycles. The van der Waals surface area contributed by atoms with Gasteiger partial charge < -0.3 is 5.73 Å². The smallest absolute Gasteiger partial charge is 0.0252 e. The largest absolute Gasteiger partial charge is 0.326 e. The zero-order chi connectivity index (χ0) is 11.8. The Morgan fingerprint density at radius 3 is 2.31 bits per heavy atom. The van der Waals surface area contributed by atoms with E-state index in [0.29, 0.717) is 17.5 Å². The minimum absolute atomic E-state index is 0.329. The molecule has 0 aromatic heterocycles. The van der Waals surface area contributed by atoms with E-state index in [2.05, 4.69) is 25.8 Å². The first-order valence-electron chi connectivity index (χ1n) is 7.00. The summed E-state index contributed by atoms with van der Waals surface area (Å²) >= 11 is 0. The Balaban J connectivity index is 2.01. The monoisotopic (exact) mass is 224 g/mol. The predicted molar refractivity (Wildman–Crippen MR) is 69.4 cm³/mol. The van der Waals surface area contributed by atoms with Crippen LogP contribution in [0.1, 0.15) is 58.8 Å². The first kappa shape index (κ1) is 12.4. The van der Waals surface area contributed by atoms with Gasteiger partial charge in [-0.25, -0.2) is 0 Å². The molecule has 0 bridgehead atoms. The molecule has 2 nitrogen and oxygen atoms in total. The molecule has 2 aliphatic carbocycles. The quantitative estimate of drug-likeness (QED) is 0.781. The van der Waals surface area contributed by atoms with Crippen molar-refractivity contribution >= 4 is 0 Å². The molecule has 2 aliphatic rings. The first-order chi connectivity index (χ1) is 7.52. The van der Waals surface area contributed by atoms with Crippen LogP contribution >= 0.6 is 0 Å². The van der Waals surface area contributed by atoms with Gasteiger partial charge >= 0.3 is 0 Å². The lowest BCUT2D eigenvalue weighted by molar-refractivity contribution is 0.0595. The molecule has 0 aromatic rings. The molecule has 0 spiro atoms. The number of hydrogen-bond donors (Lipinski definition) is 1. The van der Waals surface area contributed by atoms with Crippen LogP contribution in [0, 0.1) is 5.41 Å². The Morgan fingerprint density at radius 1 is 1.06 bits per heavy atom. The molecule has 0 radical (unpaired) electrons. The van der Waals surface area contributed by atoms with E-state index in [1.807, 2.05) is 0 Å². The second-order valence-corrected chi connectivity index (χ2v) is 6.58. The minimum Gasteiger partial charge on any atom is -0.326 e. The number of nitrogens with two attached hydrogens (primary N) is 1. The fraction of sp³-hybridized carbons (Fsp3) is 1.00. The Bertz CT molecular complexity index is 231. The molecule has 2 fully saturated rings. The molecule has 2 saturated carbocycles. The molecular weight excluding hydrogens is 196 g/mol. The molecule has 2 N–H and O–H groups in total. The average Bonchev–Trinajstić information content (AvgIpc) is 2.74. The third-order valence-electron chi connectivity index (χ3n) is 5.06. The van der Waals surface area contributed by atoms with E-state index < -0.39 is 0 Å². The summed E-state index contributed by atoms with van der Waals surface area (Å²) < 4.78 is 0. The number of nitrogens with zero attached hydrogens (tertiary/aromatic N) is 1. The van der Waals surface area contributed by atoms with Gasteiger partial charge in [-0.15, -0.1) is 0 Å². The second-order valence-electron chi connectivity index (χ2n) is 6.58. The Labute approximate surface area is 101 Å². The van der Waals surface area contributed by atoms with Crippen LogP contribution in [0.5, 0.6) is 0 Å². The van der Waals surface area contributed by atoms with E-state index in [0.717, 1.165) is 6.04 Å². The molecule has 0 aliphatic heterocycles. The predicted octanol–water partition coefficient (Wildman–Crippen LogP) is 2.77. The van der Waals surface area contributed by atoms with Gasteiger partial charge in [-0.2, -0.15) is 0 Å². The maximum absolute atomic E-state index is 6.48. The van der Waals surface area contributed by atoms with E-state index in [9.17, 15) is 0 Å². The summed E-state index contributed by atoms with van der Waals surface area (Å²) in [7, 11) is 2.31. The van der Waals surface area contributed by atoms with Crippen molar-refractivity contribution in [3.8, 4) is 0 Å². The molecule has 0 saturated heterocycles. The summed E-state index contributed by atoms with van der Waals surface area (Å²) in [6.07, 6.45) is 9.56. The van der Waals surface area contributed by atoms with Crippen molar-refractivity contribution in [2.45, 2.75) is 76.9 Å². The lowest BCUT2D eigenvalue weighted by Gasteiger charge is -2.47. The first-order valence-corrected chi connectivity index (χ1v) is 7.00. The summed E-state index contributed by atoms with van der Waals surface area (Å²) in [4.78, 5) is 2.61. The van der Waals surface area contributed by atoms with Gasteiger partial charge in [-0.3, -0.25) is 4.90 Å². The molecular formula is C14H28N2. The van der Waals surface area contributed by atoms with Gasteiger partial charge in [0, 0.05) is 18.1 Å². The number of likely N-dealkylation sites (N-methyl/N-ethyl adjacent to an activating group) is 1. The molecule has 0 amide bonds. The third-order valence-corrected chi connectivity index (χ3v) is 5.06. The van der Waals surface area contributed by atoms with Gasteiger partial charge in [0.15, 0.2) is 0 Å². The molecule has 94 valence electrons. The zero-order valence-corrected chi connectivity index (χ0v) is 11.2. The topological polar surface area (TPSA) is 29.3 Å². The number of hydrogen-bond acceptors (Lipinski definition) is 2. The molecule has 2 heteroatoms. The van der Waals surface area contributed by atoms with E-state index in [1.54, 1.807) is 0 Å². The van der Waals surface area contributed by atoms with Gasteiger partial charge in [-0.1, -0.05) is 33.1 Å². The van der Waals surface area contributed by atoms with Gasteiger partial charge in [0.25, 0.3) is 0 Å². The van der Waals surface area contributed by atoms with Crippen LogP contribution in [0.25, 0.3) is 0 Å². The summed E-state index contributed by atoms with van der Waals surface area (Å²) in [6, 6.07) is 1.78. The van der Waals surface area contributed by atoms with Crippen LogP contribution < -0.4 is 5.73 Å². The lowest BCUT2D eigenvalue weighted by atomic mass is 9.70. The highest BCUT2D eigenvalue weighted by Gasteiger charge is 2.40. The average molecular weight is 224 g/mol. The van der Waals surface area contributed by atoms with Crippen molar-refractivity contribution in [1.82, 2.24) is 4.90 Å². The van der Waals surface area contributed by atoms with E-state index >= 15 is 0 Å². The zero-order valence-electron chi connectivity index (χ0n) is 11.2. The van der Waals surface area contributed by atoms with E-state index in [-0.39, 0.29) is 0 Å². The van der Waals surface area contributed by atoms with Gasteiger partial charge in [0.1, 0.15) is 0 Å². The van der Waals surface area contributed by atoms with Gasteiger partial charge in [0.05, 0.1) is 0 Å². The molecule has 2 atom stereocenters. The van der Waals surface area contributed by atoms with Crippen molar-refractivity contribution in [2.75, 3.05) is 7.05 Å². The SMILES string of the molecule is CN(C1CCCC1)C1CCCC(C)(C)C1N. The maximum atomic E-state index is 6.48. The van der Waals surface area contributed by atoms with Crippen LogP contribution in [-0.2, 0) is 0 Å². The van der Waals surface area contributed by atoms with Crippen molar-refractivity contribution in [1.29, 1.82) is 0 Å². The van der Waals surface area contributed by atoms with Crippen LogP contribution in [0.3, 0.4) is 0 Å². The Hall–Kier alpha value is -0.0800. The highest BCUT2D eigenvalue weighted by molar-refractivity contribution is 4.97. The van der Waals surface area contributed by atoms with Gasteiger partial charge in [-0.05, 0) is 38.1 Å². The van der Waals surface area contributed by atoms with Crippen LogP contribution in [-0.4, -0.2) is 30.1 Å². The highest BCUT2D eigenvalue weighted by atomic mass is 15.2. The van der Waals surface area contributed by atoms with Gasteiger partial charge in [0.2, 0.25) is 0 Å². The molecule has 2 unspecified atom stereocenters. The van der Waals surface area contributed by atoms with Crippen LogP contribution in [0.4, 0.5) is 0 Å². The van der Waals surface area contributed by atoms with Crippen molar-refractivity contribution in [3.63, 3.8) is 0 Å². The van der Waals surface area contributed by atoms with Crippen LogP contribution in [0.15, 0.2) is 0 Å². The highest BCUT2D eigenvalue weighted by Crippen LogP contribution is 2.38. The fourth-order valence-corrected chi connectivity index (χ4v) is 3.67. The summed E-state index contributed by atoms with van der Waals surface area (Å²) in [6.45, 7) is 4.68. The Kier molecular flexibility index (Phi) is 3.60. The second kappa shape index (κ2) is 4.66. The minimum atomic E-state index is 0.329. The molecule has 0 aromatic carbocycles. The third kappa shape index (κ3) is 2.28. The number of rotatable bonds is 2.